The molecule has 1 aromatic heterocycles. The monoisotopic (exact) mass is 225 g/mol. The summed E-state index contributed by atoms with van der Waals surface area (Å²) in [6.45, 7) is 4.55. The summed E-state index contributed by atoms with van der Waals surface area (Å²) in [7, 11) is 0. The van der Waals surface area contributed by atoms with Crippen LogP contribution < -0.4 is 5.56 Å². The van der Waals surface area contributed by atoms with Crippen LogP contribution in [0, 0.1) is 0 Å². The van der Waals surface area contributed by atoms with Crippen LogP contribution in [0.4, 0.5) is 0 Å². The maximum Gasteiger partial charge on any atom is 0.341 e. The van der Waals surface area contributed by atoms with Crippen molar-refractivity contribution in [1.82, 2.24) is 4.57 Å². The summed E-state index contributed by atoms with van der Waals surface area (Å²) < 4.78 is 6.63. The number of pyridine rings is 1. The highest BCUT2D eigenvalue weighted by Crippen LogP contribution is 1.93. The predicted octanol–water partition coefficient (Wildman–Crippen LogP) is 0.972. The number of ether oxygens (including phenoxy) is 1. The van der Waals surface area contributed by atoms with Gasteiger partial charge in [0, 0.05) is 12.7 Å². The lowest BCUT2D eigenvalue weighted by Gasteiger charge is -2.09. The standard InChI is InChI=1S/C11H15NO4/c1-8(2)16-7-6-12-5-3-4-9(10(12)13)11(14)15/h3-5,8H,6-7H2,1-2H3,(H,14,15). The van der Waals surface area contributed by atoms with Gasteiger partial charge in [0.2, 0.25) is 0 Å². The summed E-state index contributed by atoms with van der Waals surface area (Å²) in [6, 6.07) is 2.84. The van der Waals surface area contributed by atoms with Gasteiger partial charge in [0.25, 0.3) is 5.56 Å². The highest BCUT2D eigenvalue weighted by molar-refractivity contribution is 5.86. The van der Waals surface area contributed by atoms with Crippen molar-refractivity contribution in [1.29, 1.82) is 0 Å². The van der Waals surface area contributed by atoms with Gasteiger partial charge in [0.1, 0.15) is 5.56 Å². The summed E-state index contributed by atoms with van der Waals surface area (Å²) in [4.78, 5) is 22.3. The Labute approximate surface area is 93.3 Å². The molecule has 1 heterocycles. The number of aromatic carboxylic acids is 1. The van der Waals surface area contributed by atoms with E-state index in [0.29, 0.717) is 13.2 Å². The van der Waals surface area contributed by atoms with E-state index >= 15 is 0 Å². The fourth-order valence-corrected chi connectivity index (χ4v) is 1.26. The molecule has 0 unspecified atom stereocenters. The van der Waals surface area contributed by atoms with Gasteiger partial charge in [0.05, 0.1) is 12.7 Å². The second-order valence-electron chi connectivity index (χ2n) is 3.65. The highest BCUT2D eigenvalue weighted by atomic mass is 16.5. The molecule has 0 aliphatic carbocycles. The minimum Gasteiger partial charge on any atom is -0.477 e. The molecule has 5 nitrogen and oxygen atoms in total. The molecule has 0 aliphatic rings. The Hall–Kier alpha value is -1.62. The normalized spacial score (nSPS) is 10.7. The van der Waals surface area contributed by atoms with Crippen molar-refractivity contribution in [2.24, 2.45) is 0 Å². The van der Waals surface area contributed by atoms with E-state index in [1.54, 1.807) is 12.3 Å². The number of carbonyl (C=O) groups is 1. The fraction of sp³-hybridized carbons (Fsp3) is 0.455. The Morgan fingerprint density at radius 3 is 2.81 bits per heavy atom. The van der Waals surface area contributed by atoms with Crippen LogP contribution in [0.3, 0.4) is 0 Å². The van der Waals surface area contributed by atoms with Crippen LogP contribution in [0.25, 0.3) is 0 Å². The molecular formula is C11H15NO4. The van der Waals surface area contributed by atoms with Crippen molar-refractivity contribution in [2.45, 2.75) is 26.5 Å². The number of carboxylic acid groups (broad SMARTS) is 1. The first-order valence-corrected chi connectivity index (χ1v) is 5.06. The summed E-state index contributed by atoms with van der Waals surface area (Å²) >= 11 is 0. The average molecular weight is 225 g/mol. The van der Waals surface area contributed by atoms with Gasteiger partial charge in [-0.15, -0.1) is 0 Å². The van der Waals surface area contributed by atoms with E-state index in [-0.39, 0.29) is 11.7 Å². The first-order chi connectivity index (χ1) is 7.52. The summed E-state index contributed by atoms with van der Waals surface area (Å²) in [6.07, 6.45) is 1.65. The van der Waals surface area contributed by atoms with Gasteiger partial charge in [-0.1, -0.05) is 0 Å². The molecule has 0 bridgehead atoms. The fourth-order valence-electron chi connectivity index (χ4n) is 1.26. The molecule has 0 atom stereocenters. The maximum atomic E-state index is 11.6. The van der Waals surface area contributed by atoms with E-state index in [1.165, 1.54) is 10.6 Å². The molecule has 0 radical (unpaired) electrons. The minimum absolute atomic E-state index is 0.0957. The van der Waals surface area contributed by atoms with Crippen LogP contribution in [0.5, 0.6) is 0 Å². The van der Waals surface area contributed by atoms with Gasteiger partial charge in [-0.25, -0.2) is 4.79 Å². The predicted molar refractivity (Wildman–Crippen MR) is 58.7 cm³/mol. The van der Waals surface area contributed by atoms with Crippen LogP contribution >= 0.6 is 0 Å². The van der Waals surface area contributed by atoms with Crippen molar-refractivity contribution in [3.63, 3.8) is 0 Å². The molecule has 0 spiro atoms. The SMILES string of the molecule is CC(C)OCCn1cccc(C(=O)O)c1=O. The van der Waals surface area contributed by atoms with Crippen LogP contribution in [-0.4, -0.2) is 28.4 Å². The van der Waals surface area contributed by atoms with Crippen molar-refractivity contribution in [2.75, 3.05) is 6.61 Å². The first kappa shape index (κ1) is 12.4. The Balaban J connectivity index is 2.78. The van der Waals surface area contributed by atoms with Crippen LogP contribution in [0.2, 0.25) is 0 Å². The zero-order chi connectivity index (χ0) is 12.1. The topological polar surface area (TPSA) is 68.5 Å². The largest absolute Gasteiger partial charge is 0.477 e. The van der Waals surface area contributed by atoms with Gasteiger partial charge < -0.3 is 14.4 Å². The number of aromatic nitrogens is 1. The van der Waals surface area contributed by atoms with E-state index in [2.05, 4.69) is 0 Å². The number of hydrogen-bond donors (Lipinski definition) is 1. The zero-order valence-electron chi connectivity index (χ0n) is 9.34. The Bertz CT molecular complexity index is 422. The molecule has 0 saturated heterocycles. The van der Waals surface area contributed by atoms with E-state index in [4.69, 9.17) is 9.84 Å². The molecule has 0 aliphatic heterocycles. The third kappa shape index (κ3) is 3.20. The van der Waals surface area contributed by atoms with Crippen molar-refractivity contribution in [3.05, 3.63) is 34.2 Å². The number of rotatable bonds is 5. The maximum absolute atomic E-state index is 11.6. The van der Waals surface area contributed by atoms with Crippen molar-refractivity contribution in [3.8, 4) is 0 Å². The molecule has 88 valence electrons. The Kier molecular flexibility index (Phi) is 4.25. The van der Waals surface area contributed by atoms with Crippen molar-refractivity contribution >= 4 is 5.97 Å². The quantitative estimate of drug-likeness (QED) is 0.810. The molecule has 1 aromatic rings. The van der Waals surface area contributed by atoms with Crippen LogP contribution in [0.15, 0.2) is 23.1 Å². The molecule has 16 heavy (non-hydrogen) atoms. The smallest absolute Gasteiger partial charge is 0.341 e. The number of carboxylic acids is 1. The minimum atomic E-state index is -1.20. The van der Waals surface area contributed by atoms with Gasteiger partial charge in [-0.05, 0) is 26.0 Å². The van der Waals surface area contributed by atoms with E-state index in [0.717, 1.165) is 0 Å². The first-order valence-electron chi connectivity index (χ1n) is 5.06. The third-order valence-electron chi connectivity index (χ3n) is 2.03. The number of hydrogen-bond acceptors (Lipinski definition) is 3. The van der Waals surface area contributed by atoms with E-state index in [1.807, 2.05) is 13.8 Å². The van der Waals surface area contributed by atoms with Gasteiger partial charge in [-0.3, -0.25) is 4.79 Å². The lowest BCUT2D eigenvalue weighted by atomic mass is 10.3. The van der Waals surface area contributed by atoms with Gasteiger partial charge >= 0.3 is 5.97 Å². The van der Waals surface area contributed by atoms with E-state index < -0.39 is 11.5 Å². The molecule has 0 amide bonds. The summed E-state index contributed by atoms with van der Waals surface area (Å²) in [5.41, 5.74) is -0.714. The summed E-state index contributed by atoms with van der Waals surface area (Å²) in [5, 5.41) is 8.76. The van der Waals surface area contributed by atoms with Gasteiger partial charge in [0.15, 0.2) is 0 Å². The Morgan fingerprint density at radius 2 is 2.25 bits per heavy atom. The molecular weight excluding hydrogens is 210 g/mol. The second-order valence-corrected chi connectivity index (χ2v) is 3.65. The molecule has 5 heteroatoms. The third-order valence-corrected chi connectivity index (χ3v) is 2.03. The molecule has 1 rings (SSSR count). The second kappa shape index (κ2) is 5.46. The molecule has 0 aromatic carbocycles. The average Bonchev–Trinajstić information content (AvgIpc) is 2.19. The molecule has 0 saturated carbocycles. The lowest BCUT2D eigenvalue weighted by molar-refractivity contribution is 0.0680. The number of nitrogens with zero attached hydrogens (tertiary/aromatic N) is 1. The Morgan fingerprint density at radius 1 is 1.56 bits per heavy atom. The van der Waals surface area contributed by atoms with E-state index in [9.17, 15) is 9.59 Å². The zero-order valence-corrected chi connectivity index (χ0v) is 9.34. The highest BCUT2D eigenvalue weighted by Gasteiger charge is 2.09. The van der Waals surface area contributed by atoms with Crippen LogP contribution in [-0.2, 0) is 11.3 Å². The lowest BCUT2D eigenvalue weighted by Crippen LogP contribution is -2.27. The van der Waals surface area contributed by atoms with Crippen LogP contribution in [0.1, 0.15) is 24.2 Å². The summed E-state index contributed by atoms with van der Waals surface area (Å²) in [5.74, 6) is -1.20. The van der Waals surface area contributed by atoms with Gasteiger partial charge in [-0.2, -0.15) is 0 Å². The van der Waals surface area contributed by atoms with Crippen molar-refractivity contribution < 1.29 is 14.6 Å². The molecule has 1 N–H and O–H groups in total. The molecule has 0 fully saturated rings.